The number of thiol groups is 1. The van der Waals surface area contributed by atoms with Crippen LogP contribution in [-0.2, 0) is 0 Å². The highest BCUT2D eigenvalue weighted by atomic mass is 35.5. The molecule has 0 aliphatic carbocycles. The summed E-state index contributed by atoms with van der Waals surface area (Å²) in [5.74, 6) is 0. The maximum Gasteiger partial charge on any atom is 0.0740 e. The maximum atomic E-state index is 5.91. The molecule has 0 fully saturated rings. The maximum absolute atomic E-state index is 5.91. The highest BCUT2D eigenvalue weighted by Crippen LogP contribution is 2.40. The molecule has 0 aliphatic heterocycles. The Morgan fingerprint density at radius 1 is 1.25 bits per heavy atom. The van der Waals surface area contributed by atoms with Gasteiger partial charge in [-0.2, -0.15) is 0 Å². The third-order valence-electron chi connectivity index (χ3n) is 1.31. The zero-order valence-electron chi connectivity index (χ0n) is 6.07. The molecule has 0 nitrogen and oxygen atoms in total. The van der Waals surface area contributed by atoms with Crippen LogP contribution in [0.15, 0.2) is 15.9 Å². The first kappa shape index (κ1) is 10.9. The third kappa shape index (κ3) is 1.99. The highest BCUT2D eigenvalue weighted by Gasteiger charge is 2.11. The molecule has 12 heavy (non-hydrogen) atoms. The van der Waals surface area contributed by atoms with Crippen LogP contribution >= 0.6 is 59.2 Å². The Morgan fingerprint density at radius 3 is 2.33 bits per heavy atom. The predicted molar refractivity (Wildman–Crippen MR) is 60.5 cm³/mol. The van der Waals surface area contributed by atoms with Gasteiger partial charge < -0.3 is 0 Å². The first-order valence-electron chi connectivity index (χ1n) is 2.98. The van der Waals surface area contributed by atoms with Crippen LogP contribution in [0, 0.1) is 0 Å². The second-order valence-electron chi connectivity index (χ2n) is 2.04. The second kappa shape index (κ2) is 4.34. The van der Waals surface area contributed by atoms with Crippen molar-refractivity contribution in [3.8, 4) is 0 Å². The molecule has 0 aromatic heterocycles. The number of halogens is 3. The minimum atomic E-state index is 0.462. The molecule has 0 aliphatic rings. The third-order valence-corrected chi connectivity index (χ3v) is 4.07. The molecule has 1 rings (SSSR count). The molecule has 0 unspecified atom stereocenters. The Labute approximate surface area is 96.0 Å². The Kier molecular flexibility index (Phi) is 3.93. The summed E-state index contributed by atoms with van der Waals surface area (Å²) in [4.78, 5) is 1.50. The van der Waals surface area contributed by atoms with Gasteiger partial charge in [0.2, 0.25) is 0 Å². The van der Waals surface area contributed by atoms with Gasteiger partial charge in [0.15, 0.2) is 0 Å². The molecule has 0 N–H and O–H groups in total. The Balaban J connectivity index is 3.42. The fourth-order valence-electron chi connectivity index (χ4n) is 0.750. The lowest BCUT2D eigenvalue weighted by molar-refractivity contribution is 1.26. The van der Waals surface area contributed by atoms with Gasteiger partial charge in [-0.3, -0.25) is 0 Å². The number of benzene rings is 1. The van der Waals surface area contributed by atoms with Gasteiger partial charge in [-0.05, 0) is 12.3 Å². The summed E-state index contributed by atoms with van der Waals surface area (Å²) in [6.07, 6.45) is 1.90. The molecule has 0 spiro atoms. The first-order chi connectivity index (χ1) is 5.57. The van der Waals surface area contributed by atoms with Crippen LogP contribution in [-0.4, -0.2) is 6.26 Å². The van der Waals surface area contributed by atoms with Crippen LogP contribution < -0.4 is 0 Å². The van der Waals surface area contributed by atoms with E-state index in [1.807, 2.05) is 6.26 Å². The molecule has 66 valence electrons. The predicted octanol–water partition coefficient (Wildman–Crippen LogP) is 4.66. The number of hydrogen-bond acceptors (Lipinski definition) is 2. The standard InChI is InChI=1S/C7H5Cl3S2/c1-12-7-5(10)3(8)2-4(9)6(7)11/h2,11H,1H3. The molecule has 0 heterocycles. The van der Waals surface area contributed by atoms with Gasteiger partial charge in [0.05, 0.1) is 15.1 Å². The van der Waals surface area contributed by atoms with Crippen molar-refractivity contribution >= 4 is 59.2 Å². The first-order valence-corrected chi connectivity index (χ1v) is 5.79. The van der Waals surface area contributed by atoms with Crippen LogP contribution in [0.3, 0.4) is 0 Å². The van der Waals surface area contributed by atoms with Crippen molar-refractivity contribution in [3.63, 3.8) is 0 Å². The smallest absolute Gasteiger partial charge is 0.0740 e. The van der Waals surface area contributed by atoms with Crippen molar-refractivity contribution in [1.82, 2.24) is 0 Å². The summed E-state index contributed by atoms with van der Waals surface area (Å²) in [7, 11) is 0. The van der Waals surface area contributed by atoms with Crippen molar-refractivity contribution in [1.29, 1.82) is 0 Å². The summed E-state index contributed by atoms with van der Waals surface area (Å²) in [5, 5.41) is 1.50. The van der Waals surface area contributed by atoms with E-state index in [0.717, 1.165) is 4.90 Å². The van der Waals surface area contributed by atoms with Crippen LogP contribution in [0.5, 0.6) is 0 Å². The van der Waals surface area contributed by atoms with Gasteiger partial charge in [-0.15, -0.1) is 24.4 Å². The molecule has 0 atom stereocenters. The van der Waals surface area contributed by atoms with Crippen molar-refractivity contribution in [3.05, 3.63) is 21.1 Å². The minimum absolute atomic E-state index is 0.462. The fourth-order valence-corrected chi connectivity index (χ4v) is 2.81. The van der Waals surface area contributed by atoms with E-state index in [9.17, 15) is 0 Å². The molecular weight excluding hydrogens is 255 g/mol. The van der Waals surface area contributed by atoms with E-state index in [1.54, 1.807) is 6.07 Å². The Bertz CT molecular complexity index is 286. The zero-order valence-corrected chi connectivity index (χ0v) is 10.0. The van der Waals surface area contributed by atoms with Gasteiger partial charge >= 0.3 is 0 Å². The summed E-state index contributed by atoms with van der Waals surface area (Å²) in [6.45, 7) is 0. The molecule has 0 bridgehead atoms. The van der Waals surface area contributed by atoms with E-state index in [0.29, 0.717) is 20.0 Å². The van der Waals surface area contributed by atoms with Gasteiger partial charge in [0.25, 0.3) is 0 Å². The van der Waals surface area contributed by atoms with E-state index >= 15 is 0 Å². The molecular formula is C7H5Cl3S2. The molecule has 5 heteroatoms. The lowest BCUT2D eigenvalue weighted by Gasteiger charge is -2.07. The van der Waals surface area contributed by atoms with Crippen molar-refractivity contribution in [2.75, 3.05) is 6.26 Å². The topological polar surface area (TPSA) is 0 Å². The van der Waals surface area contributed by atoms with Crippen LogP contribution in [0.1, 0.15) is 0 Å². The van der Waals surface area contributed by atoms with E-state index < -0.39 is 0 Å². The van der Waals surface area contributed by atoms with E-state index in [1.165, 1.54) is 11.8 Å². The van der Waals surface area contributed by atoms with Gasteiger partial charge in [-0.25, -0.2) is 0 Å². The van der Waals surface area contributed by atoms with Crippen LogP contribution in [0.25, 0.3) is 0 Å². The lowest BCUT2D eigenvalue weighted by atomic mass is 10.3. The minimum Gasteiger partial charge on any atom is -0.141 e. The second-order valence-corrected chi connectivity index (χ2v) is 4.49. The average molecular weight is 260 g/mol. The van der Waals surface area contributed by atoms with E-state index in [-0.39, 0.29) is 0 Å². The number of rotatable bonds is 1. The average Bonchev–Trinajstić information content (AvgIpc) is 2.02. The molecule has 0 radical (unpaired) electrons. The normalized spacial score (nSPS) is 10.4. The number of hydrogen-bond donors (Lipinski definition) is 1. The zero-order chi connectivity index (χ0) is 9.30. The quantitative estimate of drug-likeness (QED) is 0.435. The fraction of sp³-hybridized carbons (Fsp3) is 0.143. The summed E-state index contributed by atoms with van der Waals surface area (Å²) < 4.78 is 0. The van der Waals surface area contributed by atoms with Gasteiger partial charge in [-0.1, -0.05) is 34.8 Å². The monoisotopic (exact) mass is 258 g/mol. The summed E-state index contributed by atoms with van der Waals surface area (Å²) >= 11 is 23.2. The Morgan fingerprint density at radius 2 is 1.83 bits per heavy atom. The summed E-state index contributed by atoms with van der Waals surface area (Å²) in [5.41, 5.74) is 0. The largest absolute Gasteiger partial charge is 0.141 e. The molecule has 0 saturated carbocycles. The number of thioether (sulfide) groups is 1. The van der Waals surface area contributed by atoms with Crippen molar-refractivity contribution in [2.24, 2.45) is 0 Å². The molecule has 0 amide bonds. The molecule has 1 aromatic carbocycles. The van der Waals surface area contributed by atoms with Gasteiger partial charge in [0.1, 0.15) is 0 Å². The van der Waals surface area contributed by atoms with Gasteiger partial charge in [0, 0.05) is 9.79 Å². The molecule has 1 aromatic rings. The van der Waals surface area contributed by atoms with Crippen LogP contribution in [0.4, 0.5) is 0 Å². The van der Waals surface area contributed by atoms with E-state index in [2.05, 4.69) is 12.6 Å². The van der Waals surface area contributed by atoms with E-state index in [4.69, 9.17) is 34.8 Å². The Hall–Kier alpha value is 0.790. The molecule has 0 saturated heterocycles. The highest BCUT2D eigenvalue weighted by molar-refractivity contribution is 7.99. The lowest BCUT2D eigenvalue weighted by Crippen LogP contribution is -1.80. The van der Waals surface area contributed by atoms with Crippen molar-refractivity contribution in [2.45, 2.75) is 9.79 Å². The van der Waals surface area contributed by atoms with Crippen LogP contribution in [0.2, 0.25) is 15.1 Å². The van der Waals surface area contributed by atoms with Crippen molar-refractivity contribution < 1.29 is 0 Å². The SMILES string of the molecule is CSc1c(S)c(Cl)cc(Cl)c1Cl. The summed E-state index contributed by atoms with van der Waals surface area (Å²) in [6, 6.07) is 1.59.